The zero-order valence-electron chi connectivity index (χ0n) is 12.5. The molecule has 0 saturated heterocycles. The van der Waals surface area contributed by atoms with Crippen molar-refractivity contribution in [3.8, 4) is 11.8 Å². The lowest BCUT2D eigenvalue weighted by atomic mass is 10.1. The first-order valence-electron chi connectivity index (χ1n) is 7.21. The lowest BCUT2D eigenvalue weighted by Crippen LogP contribution is -2.33. The number of methoxy groups -OCH3 is 1. The number of hydrogen-bond donors (Lipinski definition) is 2. The van der Waals surface area contributed by atoms with Crippen molar-refractivity contribution >= 4 is 11.9 Å². The summed E-state index contributed by atoms with van der Waals surface area (Å²) in [6, 6.07) is 6.94. The molecule has 1 aromatic carbocycles. The molecule has 2 atom stereocenters. The van der Waals surface area contributed by atoms with Crippen LogP contribution >= 0.6 is 0 Å². The molecular formula is C17H19NO4. The normalized spacial score (nSPS) is 20.0. The molecule has 2 unspecified atom stereocenters. The van der Waals surface area contributed by atoms with Crippen LogP contribution in [0.1, 0.15) is 35.2 Å². The molecule has 0 bridgehead atoms. The third-order valence-corrected chi connectivity index (χ3v) is 3.71. The number of aliphatic carboxylic acids is 1. The van der Waals surface area contributed by atoms with Gasteiger partial charge < -0.3 is 15.2 Å². The highest BCUT2D eigenvalue weighted by atomic mass is 16.5. The molecule has 2 N–H and O–H groups in total. The number of benzene rings is 1. The Morgan fingerprint density at radius 1 is 1.32 bits per heavy atom. The summed E-state index contributed by atoms with van der Waals surface area (Å²) in [6.45, 7) is 0.370. The Bertz CT molecular complexity index is 597. The summed E-state index contributed by atoms with van der Waals surface area (Å²) in [5.74, 6) is 4.48. The van der Waals surface area contributed by atoms with Crippen molar-refractivity contribution in [3.05, 3.63) is 35.4 Å². The Labute approximate surface area is 129 Å². The summed E-state index contributed by atoms with van der Waals surface area (Å²) in [6.07, 6.45) is 1.83. The van der Waals surface area contributed by atoms with Gasteiger partial charge in [0, 0.05) is 24.3 Å². The standard InChI is InChI=1S/C17H19NO4/c1-22-10-2-3-12-4-6-13(7-5-12)16(19)18-15-9-8-14(11-15)17(20)21/h4-7,14-15H,8-11H2,1H3,(H,18,19)(H,20,21). The largest absolute Gasteiger partial charge is 0.481 e. The van der Waals surface area contributed by atoms with Gasteiger partial charge >= 0.3 is 5.97 Å². The van der Waals surface area contributed by atoms with Crippen LogP contribution in [0.25, 0.3) is 0 Å². The van der Waals surface area contributed by atoms with E-state index in [1.165, 1.54) is 0 Å². The zero-order chi connectivity index (χ0) is 15.9. The van der Waals surface area contributed by atoms with Crippen LogP contribution in [0.4, 0.5) is 0 Å². The molecule has 1 amide bonds. The summed E-state index contributed by atoms with van der Waals surface area (Å²) < 4.78 is 4.85. The van der Waals surface area contributed by atoms with Crippen molar-refractivity contribution in [2.45, 2.75) is 25.3 Å². The maximum Gasteiger partial charge on any atom is 0.306 e. The number of carboxylic acid groups (broad SMARTS) is 1. The van der Waals surface area contributed by atoms with Gasteiger partial charge in [-0.2, -0.15) is 0 Å². The van der Waals surface area contributed by atoms with Crippen LogP contribution in [0, 0.1) is 17.8 Å². The van der Waals surface area contributed by atoms with Crippen molar-refractivity contribution < 1.29 is 19.4 Å². The number of carbonyl (C=O) groups excluding carboxylic acids is 1. The highest BCUT2D eigenvalue weighted by molar-refractivity contribution is 5.94. The molecule has 5 heteroatoms. The number of amides is 1. The minimum atomic E-state index is -0.782. The number of carbonyl (C=O) groups is 2. The molecule has 0 aliphatic heterocycles. The minimum absolute atomic E-state index is 0.0604. The quantitative estimate of drug-likeness (QED) is 0.830. The number of rotatable bonds is 4. The van der Waals surface area contributed by atoms with Gasteiger partial charge in [-0.15, -0.1) is 0 Å². The lowest BCUT2D eigenvalue weighted by molar-refractivity contribution is -0.141. The topological polar surface area (TPSA) is 75.6 Å². The molecule has 0 aromatic heterocycles. The molecular weight excluding hydrogens is 282 g/mol. The first kappa shape index (κ1) is 16.1. The molecule has 1 aliphatic carbocycles. The maximum absolute atomic E-state index is 12.1. The van der Waals surface area contributed by atoms with E-state index in [4.69, 9.17) is 9.84 Å². The van der Waals surface area contributed by atoms with E-state index in [1.807, 2.05) is 0 Å². The smallest absolute Gasteiger partial charge is 0.306 e. The Balaban J connectivity index is 1.91. The molecule has 116 valence electrons. The summed E-state index contributed by atoms with van der Waals surface area (Å²) in [4.78, 5) is 23.0. The maximum atomic E-state index is 12.1. The highest BCUT2D eigenvalue weighted by Gasteiger charge is 2.30. The number of ether oxygens (including phenoxy) is 1. The Kier molecular flexibility index (Phi) is 5.56. The SMILES string of the molecule is COCC#Cc1ccc(C(=O)NC2CCC(C(=O)O)C2)cc1. The van der Waals surface area contributed by atoms with E-state index in [1.54, 1.807) is 31.4 Å². The van der Waals surface area contributed by atoms with Gasteiger partial charge in [0.2, 0.25) is 0 Å². The molecule has 22 heavy (non-hydrogen) atoms. The average Bonchev–Trinajstić information content (AvgIpc) is 2.97. The number of nitrogens with one attached hydrogen (secondary N) is 1. The molecule has 0 heterocycles. The zero-order valence-corrected chi connectivity index (χ0v) is 12.5. The average molecular weight is 301 g/mol. The number of hydrogen-bond acceptors (Lipinski definition) is 3. The van der Waals surface area contributed by atoms with Gasteiger partial charge in [-0.25, -0.2) is 0 Å². The van der Waals surface area contributed by atoms with Crippen LogP contribution in [-0.2, 0) is 9.53 Å². The van der Waals surface area contributed by atoms with Gasteiger partial charge in [-0.1, -0.05) is 11.8 Å². The van der Waals surface area contributed by atoms with Crippen molar-refractivity contribution in [2.75, 3.05) is 13.7 Å². The van der Waals surface area contributed by atoms with Gasteiger partial charge in [0.05, 0.1) is 5.92 Å². The Morgan fingerprint density at radius 2 is 2.05 bits per heavy atom. The van der Waals surface area contributed by atoms with Crippen LogP contribution in [0.3, 0.4) is 0 Å². The summed E-state index contributed by atoms with van der Waals surface area (Å²) in [5, 5.41) is 11.9. The fraction of sp³-hybridized carbons (Fsp3) is 0.412. The van der Waals surface area contributed by atoms with Crippen LogP contribution < -0.4 is 5.32 Å². The molecule has 2 rings (SSSR count). The van der Waals surface area contributed by atoms with Gasteiger partial charge in [-0.3, -0.25) is 9.59 Å². The van der Waals surface area contributed by atoms with Crippen LogP contribution in [0.2, 0.25) is 0 Å². The van der Waals surface area contributed by atoms with E-state index < -0.39 is 5.97 Å². The van der Waals surface area contributed by atoms with E-state index in [2.05, 4.69) is 17.2 Å². The molecule has 0 spiro atoms. The second kappa shape index (κ2) is 7.62. The lowest BCUT2D eigenvalue weighted by Gasteiger charge is -2.12. The van der Waals surface area contributed by atoms with Crippen LogP contribution in [-0.4, -0.2) is 36.7 Å². The Morgan fingerprint density at radius 3 is 2.64 bits per heavy atom. The number of carboxylic acids is 1. The predicted octanol–water partition coefficient (Wildman–Crippen LogP) is 1.67. The molecule has 1 saturated carbocycles. The van der Waals surface area contributed by atoms with Gasteiger partial charge in [0.15, 0.2) is 0 Å². The first-order chi connectivity index (χ1) is 10.6. The van der Waals surface area contributed by atoms with E-state index in [-0.39, 0.29) is 17.9 Å². The summed E-state index contributed by atoms with van der Waals surface area (Å²) in [5.41, 5.74) is 1.37. The molecule has 1 fully saturated rings. The van der Waals surface area contributed by atoms with Crippen molar-refractivity contribution in [1.29, 1.82) is 0 Å². The second-order valence-electron chi connectivity index (χ2n) is 5.33. The van der Waals surface area contributed by atoms with Crippen molar-refractivity contribution in [3.63, 3.8) is 0 Å². The first-order valence-corrected chi connectivity index (χ1v) is 7.21. The molecule has 0 radical (unpaired) electrons. The summed E-state index contributed by atoms with van der Waals surface area (Å²) >= 11 is 0. The predicted molar refractivity (Wildman–Crippen MR) is 81.4 cm³/mol. The van der Waals surface area contributed by atoms with E-state index in [9.17, 15) is 9.59 Å². The molecule has 5 nitrogen and oxygen atoms in total. The van der Waals surface area contributed by atoms with Gasteiger partial charge in [0.1, 0.15) is 6.61 Å². The third-order valence-electron chi connectivity index (χ3n) is 3.71. The summed E-state index contributed by atoms with van der Waals surface area (Å²) in [7, 11) is 1.58. The molecule has 1 aliphatic rings. The van der Waals surface area contributed by atoms with Gasteiger partial charge in [-0.05, 0) is 43.5 Å². The van der Waals surface area contributed by atoms with Gasteiger partial charge in [0.25, 0.3) is 5.91 Å². The molecule has 1 aromatic rings. The van der Waals surface area contributed by atoms with Crippen molar-refractivity contribution in [2.24, 2.45) is 5.92 Å². The fourth-order valence-corrected chi connectivity index (χ4v) is 2.52. The monoisotopic (exact) mass is 301 g/mol. The second-order valence-corrected chi connectivity index (χ2v) is 5.33. The minimum Gasteiger partial charge on any atom is -0.481 e. The van der Waals surface area contributed by atoms with E-state index >= 15 is 0 Å². The highest BCUT2D eigenvalue weighted by Crippen LogP contribution is 2.25. The van der Waals surface area contributed by atoms with Crippen LogP contribution in [0.5, 0.6) is 0 Å². The van der Waals surface area contributed by atoms with Crippen LogP contribution in [0.15, 0.2) is 24.3 Å². The third kappa shape index (κ3) is 4.34. The fourth-order valence-electron chi connectivity index (χ4n) is 2.52. The van der Waals surface area contributed by atoms with Crippen molar-refractivity contribution in [1.82, 2.24) is 5.32 Å². The Hall–Kier alpha value is -2.32. The van der Waals surface area contributed by atoms with E-state index in [0.717, 1.165) is 5.56 Å². The van der Waals surface area contributed by atoms with E-state index in [0.29, 0.717) is 31.4 Å².